The Morgan fingerprint density at radius 2 is 1.74 bits per heavy atom. The summed E-state index contributed by atoms with van der Waals surface area (Å²) in [6.45, 7) is 6.79. The maximum atomic E-state index is 13.3. The van der Waals surface area contributed by atoms with E-state index >= 15 is 0 Å². The van der Waals surface area contributed by atoms with Crippen molar-refractivity contribution in [1.29, 1.82) is 0 Å². The molecule has 2 heterocycles. The van der Waals surface area contributed by atoms with Crippen LogP contribution in [0.2, 0.25) is 0 Å². The minimum Gasteiger partial charge on any atom is -0.493 e. The molecule has 4 aromatic rings. The summed E-state index contributed by atoms with van der Waals surface area (Å²) in [6.07, 6.45) is 2.29. The highest BCUT2D eigenvalue weighted by atomic mass is 16.5. The van der Waals surface area contributed by atoms with Gasteiger partial charge in [-0.3, -0.25) is 4.79 Å². The first-order chi connectivity index (χ1) is 16.3. The van der Waals surface area contributed by atoms with Gasteiger partial charge >= 0.3 is 0 Å². The van der Waals surface area contributed by atoms with Gasteiger partial charge in [0.05, 0.1) is 31.2 Å². The van der Waals surface area contributed by atoms with Crippen LogP contribution in [0.3, 0.4) is 0 Å². The molecule has 1 amide bonds. The van der Waals surface area contributed by atoms with Crippen LogP contribution >= 0.6 is 0 Å². The Morgan fingerprint density at radius 3 is 2.41 bits per heavy atom. The van der Waals surface area contributed by atoms with Gasteiger partial charge in [-0.05, 0) is 24.1 Å². The second kappa shape index (κ2) is 9.55. The molecule has 0 atom stereocenters. The van der Waals surface area contributed by atoms with Crippen molar-refractivity contribution < 1.29 is 14.3 Å². The van der Waals surface area contributed by atoms with Crippen molar-refractivity contribution >= 4 is 11.6 Å². The third-order valence-corrected chi connectivity index (χ3v) is 5.69. The van der Waals surface area contributed by atoms with Gasteiger partial charge in [0.15, 0.2) is 17.1 Å². The molecule has 2 aromatic carbocycles. The molecule has 0 saturated carbocycles. The van der Waals surface area contributed by atoms with Crippen LogP contribution < -0.4 is 14.8 Å². The lowest BCUT2D eigenvalue weighted by Crippen LogP contribution is -2.27. The maximum absolute atomic E-state index is 13.3. The van der Waals surface area contributed by atoms with E-state index in [0.29, 0.717) is 35.7 Å². The minimum absolute atomic E-state index is 0.135. The summed E-state index contributed by atoms with van der Waals surface area (Å²) in [4.78, 5) is 17.8. The number of hydrogen-bond acceptors (Lipinski definition) is 5. The Bertz CT molecular complexity index is 1310. The molecule has 176 valence electrons. The highest BCUT2D eigenvalue weighted by molar-refractivity contribution is 6.00. The molecule has 0 unspecified atom stereocenters. The molecular weight excluding hydrogens is 428 g/mol. The summed E-state index contributed by atoms with van der Waals surface area (Å²) in [5.41, 5.74) is 4.65. The number of amides is 1. The molecule has 34 heavy (non-hydrogen) atoms. The van der Waals surface area contributed by atoms with Crippen molar-refractivity contribution in [2.45, 2.75) is 32.6 Å². The van der Waals surface area contributed by atoms with Crippen LogP contribution in [-0.2, 0) is 11.8 Å². The first-order valence-electron chi connectivity index (χ1n) is 11.3. The summed E-state index contributed by atoms with van der Waals surface area (Å²) in [7, 11) is 3.22. The van der Waals surface area contributed by atoms with Crippen LogP contribution in [0.25, 0.3) is 16.9 Å². The Labute approximate surface area is 199 Å². The van der Waals surface area contributed by atoms with Crippen LogP contribution in [0.5, 0.6) is 11.5 Å². The Balaban J connectivity index is 1.62. The van der Waals surface area contributed by atoms with Gasteiger partial charge in [-0.15, -0.1) is 0 Å². The van der Waals surface area contributed by atoms with Crippen LogP contribution in [0.15, 0.2) is 60.8 Å². The van der Waals surface area contributed by atoms with Gasteiger partial charge in [-0.1, -0.05) is 57.2 Å². The third kappa shape index (κ3) is 4.73. The number of nitrogens with one attached hydrogen (secondary N) is 1. The zero-order valence-electron chi connectivity index (χ0n) is 20.3. The van der Waals surface area contributed by atoms with Gasteiger partial charge in [0.2, 0.25) is 0 Å². The predicted molar refractivity (Wildman–Crippen MR) is 133 cm³/mol. The summed E-state index contributed by atoms with van der Waals surface area (Å²) in [5.74, 6) is 1.15. The lowest BCUT2D eigenvalue weighted by Gasteiger charge is -2.14. The molecule has 2 aromatic heterocycles. The average molecular weight is 459 g/mol. The summed E-state index contributed by atoms with van der Waals surface area (Å²) in [6, 6.07) is 17.6. The van der Waals surface area contributed by atoms with Gasteiger partial charge in [0.1, 0.15) is 0 Å². The van der Waals surface area contributed by atoms with E-state index < -0.39 is 0 Å². The van der Waals surface area contributed by atoms with E-state index in [0.717, 1.165) is 22.5 Å². The first kappa shape index (κ1) is 23.3. The Kier molecular flexibility index (Phi) is 6.54. The van der Waals surface area contributed by atoms with Gasteiger partial charge in [0, 0.05) is 29.8 Å². The average Bonchev–Trinajstić information content (AvgIpc) is 3.29. The van der Waals surface area contributed by atoms with Gasteiger partial charge in [-0.25, -0.2) is 9.50 Å². The number of nitrogens with zero attached hydrogens (tertiary/aromatic N) is 3. The number of methoxy groups -OCH3 is 2. The molecule has 0 aliphatic heterocycles. The molecule has 0 fully saturated rings. The van der Waals surface area contributed by atoms with Gasteiger partial charge in [0.25, 0.3) is 5.91 Å². The summed E-state index contributed by atoms with van der Waals surface area (Å²) >= 11 is 0. The fourth-order valence-electron chi connectivity index (χ4n) is 3.79. The van der Waals surface area contributed by atoms with E-state index in [1.807, 2.05) is 54.6 Å². The number of hydrogen-bond donors (Lipinski definition) is 1. The second-order valence-electron chi connectivity index (χ2n) is 9.13. The first-order valence-corrected chi connectivity index (χ1v) is 11.3. The number of aromatic nitrogens is 3. The number of fused-ring (bicyclic) bond motifs is 1. The van der Waals surface area contributed by atoms with Crippen molar-refractivity contribution in [3.63, 3.8) is 0 Å². The monoisotopic (exact) mass is 458 g/mol. The van der Waals surface area contributed by atoms with E-state index in [-0.39, 0.29) is 11.3 Å². The highest BCUT2D eigenvalue weighted by Crippen LogP contribution is 2.29. The van der Waals surface area contributed by atoms with E-state index in [2.05, 4.69) is 31.1 Å². The molecule has 0 aliphatic rings. The molecule has 0 aliphatic carbocycles. The molecule has 7 nitrogen and oxygen atoms in total. The summed E-state index contributed by atoms with van der Waals surface area (Å²) in [5, 5.41) is 7.85. The Hall–Kier alpha value is -3.87. The van der Waals surface area contributed by atoms with Crippen molar-refractivity contribution in [2.24, 2.45) is 0 Å². The maximum Gasteiger partial charge on any atom is 0.255 e. The van der Waals surface area contributed by atoms with Crippen LogP contribution in [-0.4, -0.2) is 41.3 Å². The Morgan fingerprint density at radius 1 is 1.00 bits per heavy atom. The van der Waals surface area contributed by atoms with Crippen molar-refractivity contribution in [2.75, 3.05) is 20.8 Å². The minimum atomic E-state index is -0.193. The lowest BCUT2D eigenvalue weighted by atomic mass is 9.93. The van der Waals surface area contributed by atoms with E-state index in [1.54, 1.807) is 24.9 Å². The van der Waals surface area contributed by atoms with E-state index in [9.17, 15) is 4.79 Å². The van der Waals surface area contributed by atoms with Crippen molar-refractivity contribution in [3.05, 3.63) is 77.6 Å². The number of rotatable bonds is 7. The smallest absolute Gasteiger partial charge is 0.255 e. The molecule has 0 bridgehead atoms. The quantitative estimate of drug-likeness (QED) is 0.435. The summed E-state index contributed by atoms with van der Waals surface area (Å²) < 4.78 is 12.4. The van der Waals surface area contributed by atoms with Crippen molar-refractivity contribution in [3.8, 4) is 22.8 Å². The van der Waals surface area contributed by atoms with Crippen LogP contribution in [0, 0.1) is 0 Å². The van der Waals surface area contributed by atoms with E-state index in [4.69, 9.17) is 14.6 Å². The third-order valence-electron chi connectivity index (χ3n) is 5.69. The zero-order chi connectivity index (χ0) is 24.3. The normalized spacial score (nSPS) is 11.4. The molecule has 1 N–H and O–H groups in total. The van der Waals surface area contributed by atoms with Gasteiger partial charge < -0.3 is 14.8 Å². The van der Waals surface area contributed by atoms with Crippen LogP contribution in [0.4, 0.5) is 0 Å². The SMILES string of the molecule is COc1ccc(CCNC(=O)c2cnc3cc(C(C)(C)C)nn3c2-c2ccccc2)cc1OC. The topological polar surface area (TPSA) is 77.8 Å². The molecule has 0 saturated heterocycles. The van der Waals surface area contributed by atoms with Crippen LogP contribution in [0.1, 0.15) is 42.4 Å². The molecule has 0 spiro atoms. The largest absolute Gasteiger partial charge is 0.493 e. The number of ether oxygens (including phenoxy) is 2. The standard InChI is InChI=1S/C27H30N4O3/c1-27(2,3)23-16-24-29-17-20(25(31(24)30-23)19-9-7-6-8-10-19)26(32)28-14-13-18-11-12-21(33-4)22(15-18)34-5/h6-12,15-17H,13-14H2,1-5H3,(H,28,32). The predicted octanol–water partition coefficient (Wildman–Crippen LogP) is 4.68. The fourth-order valence-corrected chi connectivity index (χ4v) is 3.79. The fraction of sp³-hybridized carbons (Fsp3) is 0.296. The number of benzene rings is 2. The van der Waals surface area contributed by atoms with Gasteiger partial charge in [-0.2, -0.15) is 5.10 Å². The molecular formula is C27H30N4O3. The molecule has 4 rings (SSSR count). The number of carbonyl (C=O) groups is 1. The molecule has 7 heteroatoms. The van der Waals surface area contributed by atoms with Crippen molar-refractivity contribution in [1.82, 2.24) is 19.9 Å². The number of carbonyl (C=O) groups excluding carboxylic acids is 1. The zero-order valence-corrected chi connectivity index (χ0v) is 20.3. The second-order valence-corrected chi connectivity index (χ2v) is 9.13. The highest BCUT2D eigenvalue weighted by Gasteiger charge is 2.23. The van der Waals surface area contributed by atoms with E-state index in [1.165, 1.54) is 0 Å². The molecule has 0 radical (unpaired) electrons. The lowest BCUT2D eigenvalue weighted by molar-refractivity contribution is 0.0954.